The molecule has 0 spiro atoms. The molecule has 1 N–H and O–H groups in total. The van der Waals surface area contributed by atoms with Crippen LogP contribution in [0.25, 0.3) is 11.0 Å². The molecule has 8 bridgehead atoms. The van der Waals surface area contributed by atoms with Crippen molar-refractivity contribution < 1.29 is 17.2 Å². The summed E-state index contributed by atoms with van der Waals surface area (Å²) in [5.41, 5.74) is -0.267. The van der Waals surface area contributed by atoms with E-state index >= 15 is 8.78 Å². The molecule has 1 aromatic carbocycles. The first-order valence-corrected chi connectivity index (χ1v) is 18.2. The number of anilines is 1. The van der Waals surface area contributed by atoms with Crippen LogP contribution in [0.2, 0.25) is 0 Å². The Kier molecular flexibility index (Phi) is 8.93. The van der Waals surface area contributed by atoms with Gasteiger partial charge in [0.15, 0.2) is 0 Å². The standard InChI is InChI=1S/C34H42F2N6O3S/c1-23-7-4-3-5-14-42-31-28(18-29(32(42)43)33(21-37)12-15-46(44,45)16-13-33)30(38-22-39-31)40-24(2)26-8-6-9-27(17-26)34(35,36)11-10-25-19-41(23)20-25/h6,8-9,17-18,22-25H,3-5,7,10-16,19-20H2,1-2H3,(H,38,39,40)/t23?,24-/m1/s1. The maximum atomic E-state index is 15.5. The number of aromatic nitrogens is 3. The third-order valence-corrected chi connectivity index (χ3v) is 12.1. The first-order valence-electron chi connectivity index (χ1n) is 16.4. The number of aryl methyl sites for hydroxylation is 1. The van der Waals surface area contributed by atoms with Gasteiger partial charge in [-0.15, -0.1) is 0 Å². The van der Waals surface area contributed by atoms with Gasteiger partial charge in [-0.3, -0.25) is 9.36 Å². The van der Waals surface area contributed by atoms with E-state index in [1.807, 2.05) is 6.92 Å². The molecule has 1 unspecified atom stereocenters. The molecule has 2 aromatic heterocycles. The van der Waals surface area contributed by atoms with Crippen LogP contribution < -0.4 is 10.9 Å². The number of nitrogens with zero attached hydrogens (tertiary/aromatic N) is 5. The van der Waals surface area contributed by atoms with Crippen molar-refractivity contribution in [3.63, 3.8) is 0 Å². The molecular formula is C34H42F2N6O3S. The summed E-state index contributed by atoms with van der Waals surface area (Å²) in [6.45, 7) is 6.13. The van der Waals surface area contributed by atoms with E-state index in [4.69, 9.17) is 0 Å². The summed E-state index contributed by atoms with van der Waals surface area (Å²) in [5, 5.41) is 14.3. The van der Waals surface area contributed by atoms with E-state index in [1.165, 1.54) is 12.4 Å². The molecule has 2 fully saturated rings. The normalized spacial score (nSPS) is 27.8. The van der Waals surface area contributed by atoms with Gasteiger partial charge in [-0.1, -0.05) is 31.0 Å². The average Bonchev–Trinajstić information content (AvgIpc) is 3.01. The summed E-state index contributed by atoms with van der Waals surface area (Å²) in [6, 6.07) is 10.4. The molecule has 46 heavy (non-hydrogen) atoms. The number of alkyl halides is 2. The molecule has 12 heteroatoms. The van der Waals surface area contributed by atoms with Crippen molar-refractivity contribution in [3.8, 4) is 6.07 Å². The Labute approximate surface area is 269 Å². The first kappa shape index (κ1) is 32.5. The lowest BCUT2D eigenvalue weighted by Crippen LogP contribution is -2.51. The van der Waals surface area contributed by atoms with Gasteiger partial charge >= 0.3 is 0 Å². The summed E-state index contributed by atoms with van der Waals surface area (Å²) >= 11 is 0. The van der Waals surface area contributed by atoms with Gasteiger partial charge in [-0.25, -0.2) is 27.2 Å². The minimum atomic E-state index is -3.29. The highest BCUT2D eigenvalue weighted by atomic mass is 32.2. The number of halogens is 2. The van der Waals surface area contributed by atoms with Gasteiger partial charge in [0.1, 0.15) is 27.6 Å². The van der Waals surface area contributed by atoms with Crippen LogP contribution in [0, 0.1) is 17.2 Å². The molecule has 4 aliphatic rings. The van der Waals surface area contributed by atoms with Crippen molar-refractivity contribution in [1.82, 2.24) is 19.4 Å². The Morgan fingerprint density at radius 3 is 2.52 bits per heavy atom. The van der Waals surface area contributed by atoms with Crippen LogP contribution >= 0.6 is 0 Å². The van der Waals surface area contributed by atoms with Gasteiger partial charge in [0.2, 0.25) is 0 Å². The number of rotatable bonds is 1. The zero-order valence-corrected chi connectivity index (χ0v) is 27.3. The molecule has 9 nitrogen and oxygen atoms in total. The number of fused-ring (bicyclic) bond motifs is 8. The van der Waals surface area contributed by atoms with Crippen LogP contribution in [0.4, 0.5) is 14.6 Å². The van der Waals surface area contributed by atoms with E-state index in [2.05, 4.69) is 33.2 Å². The highest BCUT2D eigenvalue weighted by molar-refractivity contribution is 7.91. The molecule has 0 amide bonds. The fourth-order valence-electron chi connectivity index (χ4n) is 7.25. The molecule has 7 rings (SSSR count). The molecule has 0 radical (unpaired) electrons. The van der Waals surface area contributed by atoms with Crippen LogP contribution in [0.5, 0.6) is 0 Å². The molecule has 4 aliphatic heterocycles. The molecule has 246 valence electrons. The SMILES string of the molecule is CC1CCCCCn2c(=O)c(C3(C#N)CCS(=O)(=O)CC3)cc3c(ncnc32)N[C@H](C)c2cccc(c2)C(F)(F)CCC2CN1C2. The lowest BCUT2D eigenvalue weighted by molar-refractivity contribution is -0.0332. The van der Waals surface area contributed by atoms with E-state index in [-0.39, 0.29) is 53.4 Å². The third-order valence-electron chi connectivity index (χ3n) is 10.4. The number of pyridine rings is 1. The molecule has 2 atom stereocenters. The minimum Gasteiger partial charge on any atom is -0.363 e. The van der Waals surface area contributed by atoms with E-state index in [0.29, 0.717) is 41.4 Å². The molecule has 0 saturated carbocycles. The summed E-state index contributed by atoms with van der Waals surface area (Å²) < 4.78 is 57.1. The van der Waals surface area contributed by atoms with Gasteiger partial charge in [-0.2, -0.15) is 5.26 Å². The van der Waals surface area contributed by atoms with Gasteiger partial charge in [0.25, 0.3) is 11.5 Å². The smallest absolute Gasteiger partial charge is 0.273 e. The number of sulfone groups is 1. The summed E-state index contributed by atoms with van der Waals surface area (Å²) in [6.07, 6.45) is 5.30. The lowest BCUT2D eigenvalue weighted by Gasteiger charge is -2.44. The number of benzene rings is 1. The van der Waals surface area contributed by atoms with Crippen LogP contribution in [0.3, 0.4) is 0 Å². The van der Waals surface area contributed by atoms with Crippen molar-refractivity contribution in [2.75, 3.05) is 29.9 Å². The van der Waals surface area contributed by atoms with Crippen LogP contribution in [0.15, 0.2) is 41.5 Å². The molecular weight excluding hydrogens is 610 g/mol. The zero-order chi connectivity index (χ0) is 32.7. The second kappa shape index (κ2) is 12.6. The quantitative estimate of drug-likeness (QED) is 0.356. The van der Waals surface area contributed by atoms with Gasteiger partial charge < -0.3 is 10.2 Å². The summed E-state index contributed by atoms with van der Waals surface area (Å²) in [7, 11) is -3.29. The number of nitriles is 1. The highest BCUT2D eigenvalue weighted by Crippen LogP contribution is 2.39. The fraction of sp³-hybridized carbons (Fsp3) is 0.588. The Balaban J connectivity index is 1.42. The number of hydrogen-bond donors (Lipinski definition) is 1. The lowest BCUT2D eigenvalue weighted by atomic mass is 9.77. The second-order valence-corrected chi connectivity index (χ2v) is 15.9. The Bertz CT molecular complexity index is 1800. The van der Waals surface area contributed by atoms with Crippen molar-refractivity contribution in [3.05, 3.63) is 63.7 Å². The Morgan fingerprint density at radius 1 is 1.02 bits per heavy atom. The van der Waals surface area contributed by atoms with E-state index < -0.39 is 27.2 Å². The van der Waals surface area contributed by atoms with E-state index in [9.17, 15) is 18.5 Å². The second-order valence-electron chi connectivity index (χ2n) is 13.6. The van der Waals surface area contributed by atoms with Crippen molar-refractivity contribution in [1.29, 1.82) is 5.26 Å². The third kappa shape index (κ3) is 6.41. The predicted octanol–water partition coefficient (Wildman–Crippen LogP) is 5.70. The van der Waals surface area contributed by atoms with Crippen molar-refractivity contribution in [2.45, 2.75) is 95.2 Å². The molecule has 2 saturated heterocycles. The first-order chi connectivity index (χ1) is 21.9. The van der Waals surface area contributed by atoms with Crippen LogP contribution in [-0.2, 0) is 27.7 Å². The van der Waals surface area contributed by atoms with Gasteiger partial charge in [0.05, 0.1) is 28.4 Å². The largest absolute Gasteiger partial charge is 0.363 e. The highest BCUT2D eigenvalue weighted by Gasteiger charge is 2.42. The minimum absolute atomic E-state index is 0.0130. The molecule has 6 heterocycles. The van der Waals surface area contributed by atoms with E-state index in [0.717, 1.165) is 38.8 Å². The fourth-order valence-corrected chi connectivity index (χ4v) is 8.77. The monoisotopic (exact) mass is 652 g/mol. The predicted molar refractivity (Wildman–Crippen MR) is 174 cm³/mol. The van der Waals surface area contributed by atoms with E-state index in [1.54, 1.807) is 28.8 Å². The van der Waals surface area contributed by atoms with Crippen LogP contribution in [0.1, 0.15) is 87.9 Å². The zero-order valence-electron chi connectivity index (χ0n) is 26.5. The topological polar surface area (TPSA) is 121 Å². The Hall–Kier alpha value is -3.43. The molecule has 0 aliphatic carbocycles. The van der Waals surface area contributed by atoms with Crippen molar-refractivity contribution in [2.24, 2.45) is 5.92 Å². The maximum absolute atomic E-state index is 15.5. The van der Waals surface area contributed by atoms with Gasteiger partial charge in [0, 0.05) is 49.3 Å². The van der Waals surface area contributed by atoms with Gasteiger partial charge in [-0.05, 0) is 69.6 Å². The number of hydrogen-bond acceptors (Lipinski definition) is 8. The summed E-state index contributed by atoms with van der Waals surface area (Å²) in [4.78, 5) is 25.5. The maximum Gasteiger partial charge on any atom is 0.273 e. The van der Waals surface area contributed by atoms with Crippen LogP contribution in [-0.4, -0.2) is 58.5 Å². The summed E-state index contributed by atoms with van der Waals surface area (Å²) in [5.74, 6) is -2.59. The number of nitrogens with one attached hydrogen (secondary N) is 1. The average molecular weight is 653 g/mol. The Morgan fingerprint density at radius 2 is 1.78 bits per heavy atom. The molecule has 3 aromatic rings. The van der Waals surface area contributed by atoms with Crippen molar-refractivity contribution >= 4 is 26.7 Å².